The van der Waals surface area contributed by atoms with E-state index in [9.17, 15) is 19.2 Å². The number of thiazole rings is 1. The van der Waals surface area contributed by atoms with Crippen LogP contribution < -0.4 is 34.0 Å². The molecule has 0 saturated carbocycles. The number of carbonyl (C=O) groups excluding carboxylic acids is 3. The zero-order valence-electron chi connectivity index (χ0n) is 25.1. The molecule has 0 bridgehead atoms. The van der Waals surface area contributed by atoms with Gasteiger partial charge < -0.3 is 23.7 Å². The average molecular weight is 622 g/mol. The summed E-state index contributed by atoms with van der Waals surface area (Å²) in [6.45, 7) is 4.98. The third-order valence-electron chi connectivity index (χ3n) is 7.24. The van der Waals surface area contributed by atoms with E-state index in [1.807, 2.05) is 0 Å². The molecule has 1 atom stereocenters. The fourth-order valence-corrected chi connectivity index (χ4v) is 6.55. The Hall–Kier alpha value is -4.91. The van der Waals surface area contributed by atoms with Crippen molar-refractivity contribution in [1.29, 1.82) is 0 Å². The average Bonchev–Trinajstić information content (AvgIpc) is 3.47. The highest BCUT2D eigenvalue weighted by Gasteiger charge is 2.38. The minimum absolute atomic E-state index is 0.105. The van der Waals surface area contributed by atoms with E-state index >= 15 is 0 Å². The van der Waals surface area contributed by atoms with Crippen molar-refractivity contribution >= 4 is 40.4 Å². The molecule has 2 aliphatic heterocycles. The number of rotatable bonds is 9. The number of ether oxygens (including phenoxy) is 5. The fraction of sp³-hybridized carbons (Fsp3) is 0.323. The standard InChI is InChI=1S/C31H31N3O9S/c1-7-42-22(35)15-33-19-12-10-9-11-18(19)24(28(33)36)27-29(37)34-25(17-13-20(39-4)26(41-6)21(14-17)40-5)23(30(38)43-8-2)16(3)32-31(34)44-27/h9-14,25H,7-8,15H2,1-6H3/b27-24+/t25-/m1/s1. The summed E-state index contributed by atoms with van der Waals surface area (Å²) < 4.78 is 28.6. The lowest BCUT2D eigenvalue weighted by molar-refractivity contribution is -0.142. The van der Waals surface area contributed by atoms with Gasteiger partial charge in [-0.05, 0) is 44.5 Å². The molecule has 13 heteroatoms. The number of anilines is 1. The van der Waals surface area contributed by atoms with E-state index in [1.54, 1.807) is 57.2 Å². The highest BCUT2D eigenvalue weighted by atomic mass is 32.1. The van der Waals surface area contributed by atoms with E-state index in [-0.39, 0.29) is 40.2 Å². The Morgan fingerprint density at radius 2 is 1.61 bits per heavy atom. The van der Waals surface area contributed by atoms with Crippen LogP contribution in [0, 0.1) is 0 Å². The van der Waals surface area contributed by atoms with E-state index in [0.717, 1.165) is 11.3 Å². The molecule has 2 aliphatic rings. The molecule has 0 fully saturated rings. The van der Waals surface area contributed by atoms with Crippen LogP contribution in [0.25, 0.3) is 5.57 Å². The highest BCUT2D eigenvalue weighted by Crippen LogP contribution is 2.42. The number of amides is 1. The first kappa shape index (κ1) is 30.5. The van der Waals surface area contributed by atoms with Crippen LogP contribution >= 0.6 is 11.3 Å². The van der Waals surface area contributed by atoms with Crippen LogP contribution in [0.15, 0.2) is 57.5 Å². The number of allylic oxidation sites excluding steroid dienone is 1. The Kier molecular flexibility index (Phi) is 8.59. The van der Waals surface area contributed by atoms with Crippen LogP contribution in [-0.2, 0) is 23.9 Å². The molecule has 12 nitrogen and oxygen atoms in total. The second-order valence-electron chi connectivity index (χ2n) is 9.67. The number of aromatic nitrogens is 1. The van der Waals surface area contributed by atoms with Gasteiger partial charge in [0, 0.05) is 5.56 Å². The van der Waals surface area contributed by atoms with Gasteiger partial charge in [0.2, 0.25) is 5.75 Å². The van der Waals surface area contributed by atoms with Gasteiger partial charge in [0.05, 0.1) is 63.1 Å². The van der Waals surface area contributed by atoms with Crippen LogP contribution in [0.2, 0.25) is 0 Å². The van der Waals surface area contributed by atoms with E-state index in [4.69, 9.17) is 23.7 Å². The normalized spacial score (nSPS) is 16.6. The summed E-state index contributed by atoms with van der Waals surface area (Å²) in [6.07, 6.45) is 0. The number of carbonyl (C=O) groups is 3. The minimum Gasteiger partial charge on any atom is -0.493 e. The van der Waals surface area contributed by atoms with Gasteiger partial charge in [-0.15, -0.1) is 0 Å². The molecule has 0 unspecified atom stereocenters. The van der Waals surface area contributed by atoms with E-state index in [0.29, 0.717) is 39.8 Å². The number of nitrogens with zero attached hydrogens (tertiary/aromatic N) is 3. The number of benzene rings is 2. The van der Waals surface area contributed by atoms with Gasteiger partial charge in [-0.25, -0.2) is 9.79 Å². The van der Waals surface area contributed by atoms with Gasteiger partial charge >= 0.3 is 11.9 Å². The third-order valence-corrected chi connectivity index (χ3v) is 8.29. The largest absolute Gasteiger partial charge is 0.493 e. The number of esters is 2. The lowest BCUT2D eigenvalue weighted by Gasteiger charge is -2.26. The maximum absolute atomic E-state index is 14.4. The van der Waals surface area contributed by atoms with Gasteiger partial charge in [-0.1, -0.05) is 29.5 Å². The first-order valence-electron chi connectivity index (χ1n) is 13.8. The van der Waals surface area contributed by atoms with E-state index in [1.165, 1.54) is 30.8 Å². The van der Waals surface area contributed by atoms with Crippen molar-refractivity contribution in [1.82, 2.24) is 4.57 Å². The molecule has 0 saturated heterocycles. The second kappa shape index (κ2) is 12.4. The van der Waals surface area contributed by atoms with E-state index < -0.39 is 29.4 Å². The quantitative estimate of drug-likeness (QED) is 0.329. The van der Waals surface area contributed by atoms with Gasteiger partial charge in [-0.3, -0.25) is 23.9 Å². The maximum Gasteiger partial charge on any atom is 0.338 e. The van der Waals surface area contributed by atoms with E-state index in [2.05, 4.69) is 4.99 Å². The first-order chi connectivity index (χ1) is 21.2. The minimum atomic E-state index is -1.00. The molecule has 3 heterocycles. The van der Waals surface area contributed by atoms with Gasteiger partial charge in [-0.2, -0.15) is 0 Å². The van der Waals surface area contributed by atoms with Crippen molar-refractivity contribution in [3.63, 3.8) is 0 Å². The lowest BCUT2D eigenvalue weighted by Crippen LogP contribution is -2.41. The third kappa shape index (κ3) is 5.02. The maximum atomic E-state index is 14.4. The van der Waals surface area contributed by atoms with Crippen LogP contribution in [0.5, 0.6) is 17.2 Å². The Labute approximate surface area is 256 Å². The summed E-state index contributed by atoms with van der Waals surface area (Å²) in [6, 6.07) is 9.22. The second-order valence-corrected chi connectivity index (χ2v) is 10.6. The number of hydrogen-bond acceptors (Lipinski definition) is 11. The molecule has 0 N–H and O–H groups in total. The molecule has 0 radical (unpaired) electrons. The summed E-state index contributed by atoms with van der Waals surface area (Å²) in [5.41, 5.74) is 1.54. The zero-order chi connectivity index (χ0) is 31.7. The number of para-hydroxylation sites is 1. The van der Waals surface area contributed by atoms with Crippen LogP contribution in [-0.4, -0.2) is 63.5 Å². The molecule has 3 aromatic rings. The van der Waals surface area contributed by atoms with Crippen molar-refractivity contribution in [2.75, 3.05) is 46.0 Å². The Balaban J connectivity index is 1.80. The van der Waals surface area contributed by atoms with Crippen molar-refractivity contribution in [2.45, 2.75) is 26.8 Å². The van der Waals surface area contributed by atoms with Crippen molar-refractivity contribution in [3.8, 4) is 17.2 Å². The van der Waals surface area contributed by atoms with Crippen LogP contribution in [0.4, 0.5) is 5.69 Å². The summed E-state index contributed by atoms with van der Waals surface area (Å²) >= 11 is 1.02. The summed E-state index contributed by atoms with van der Waals surface area (Å²) in [5.74, 6) is -0.765. The summed E-state index contributed by atoms with van der Waals surface area (Å²) in [4.78, 5) is 60.2. The molecule has 2 aromatic carbocycles. The molecule has 0 spiro atoms. The predicted molar refractivity (Wildman–Crippen MR) is 161 cm³/mol. The monoisotopic (exact) mass is 621 g/mol. The molecule has 44 heavy (non-hydrogen) atoms. The lowest BCUT2D eigenvalue weighted by atomic mass is 9.95. The van der Waals surface area contributed by atoms with Crippen molar-refractivity contribution in [2.24, 2.45) is 4.99 Å². The molecule has 0 aliphatic carbocycles. The van der Waals surface area contributed by atoms with Gasteiger partial charge in [0.15, 0.2) is 16.3 Å². The van der Waals surface area contributed by atoms with Gasteiger partial charge in [0.25, 0.3) is 11.5 Å². The topological polar surface area (TPSA) is 135 Å². The summed E-state index contributed by atoms with van der Waals surface area (Å²) in [7, 11) is 4.40. The number of hydrogen-bond donors (Lipinski definition) is 0. The van der Waals surface area contributed by atoms with Gasteiger partial charge in [0.1, 0.15) is 11.1 Å². The summed E-state index contributed by atoms with van der Waals surface area (Å²) in [5, 5.41) is 0. The zero-order valence-corrected chi connectivity index (χ0v) is 25.9. The first-order valence-corrected chi connectivity index (χ1v) is 14.6. The smallest absolute Gasteiger partial charge is 0.338 e. The van der Waals surface area contributed by atoms with Crippen molar-refractivity contribution in [3.05, 3.63) is 78.5 Å². The Bertz CT molecular complexity index is 1860. The molecule has 5 rings (SSSR count). The molecule has 230 valence electrons. The molecular weight excluding hydrogens is 590 g/mol. The molecular formula is C31H31N3O9S. The molecule has 1 aromatic heterocycles. The van der Waals surface area contributed by atoms with Crippen LogP contribution in [0.1, 0.15) is 37.9 Å². The fourth-order valence-electron chi connectivity index (χ4n) is 5.41. The molecule has 1 amide bonds. The van der Waals surface area contributed by atoms with Crippen molar-refractivity contribution < 1.29 is 38.1 Å². The Morgan fingerprint density at radius 1 is 0.955 bits per heavy atom. The van der Waals surface area contributed by atoms with Crippen LogP contribution in [0.3, 0.4) is 0 Å². The predicted octanol–water partition coefficient (Wildman–Crippen LogP) is 2.10. The highest BCUT2D eigenvalue weighted by molar-refractivity contribution is 7.07. The number of methoxy groups -OCH3 is 3. The Morgan fingerprint density at radius 3 is 2.23 bits per heavy atom. The SMILES string of the molecule is CCOC(=O)CN1C(=O)/C(=c2/sc3n(c2=O)[C@H](c2cc(OC)c(OC)c(OC)c2)C(C(=O)OCC)=C(C)N=3)c2ccccc21. The number of fused-ring (bicyclic) bond motifs is 2.